The number of methoxy groups -OCH3 is 1. The minimum atomic E-state index is -0.922. The van der Waals surface area contributed by atoms with Crippen LogP contribution in [0.15, 0.2) is 71.2 Å². The lowest BCUT2D eigenvalue weighted by Crippen LogP contribution is -2.20. The summed E-state index contributed by atoms with van der Waals surface area (Å²) in [4.78, 5) is 12.4. The number of rotatable bonds is 6. The molecule has 0 saturated heterocycles. The zero-order valence-electron chi connectivity index (χ0n) is 15.7. The van der Waals surface area contributed by atoms with Crippen molar-refractivity contribution >= 4 is 17.7 Å². The van der Waals surface area contributed by atoms with Crippen molar-refractivity contribution in [3.05, 3.63) is 78.1 Å². The smallest absolute Gasteiger partial charge is 0.245 e. The Labute approximate surface area is 163 Å². The fourth-order valence-corrected chi connectivity index (χ4v) is 2.66. The number of nitrogens with one attached hydrogen (secondary N) is 1. The number of nitriles is 1. The summed E-state index contributed by atoms with van der Waals surface area (Å²) < 4.78 is 10.9. The summed E-state index contributed by atoms with van der Waals surface area (Å²) >= 11 is 0. The number of benzene rings is 2. The maximum Gasteiger partial charge on any atom is 0.245 e. The Balaban J connectivity index is 1.69. The van der Waals surface area contributed by atoms with Gasteiger partial charge in [-0.1, -0.05) is 24.3 Å². The third kappa shape index (κ3) is 4.49. The first-order chi connectivity index (χ1) is 13.6. The minimum absolute atomic E-state index is 0.380. The van der Waals surface area contributed by atoms with Crippen molar-refractivity contribution in [3.8, 4) is 23.1 Å². The zero-order valence-corrected chi connectivity index (χ0v) is 15.7. The van der Waals surface area contributed by atoms with Crippen LogP contribution in [-0.4, -0.2) is 13.0 Å². The Morgan fingerprint density at radius 2 is 1.89 bits per heavy atom. The van der Waals surface area contributed by atoms with E-state index in [-0.39, 0.29) is 5.91 Å². The molecule has 1 amide bonds. The lowest BCUT2D eigenvalue weighted by molar-refractivity contribution is -0.117. The van der Waals surface area contributed by atoms with Crippen molar-refractivity contribution in [1.29, 1.82) is 5.26 Å². The summed E-state index contributed by atoms with van der Waals surface area (Å²) in [5.41, 5.74) is 2.54. The van der Waals surface area contributed by atoms with Gasteiger partial charge in [0.1, 0.15) is 23.2 Å². The van der Waals surface area contributed by atoms with E-state index in [4.69, 9.17) is 9.15 Å². The largest absolute Gasteiger partial charge is 0.497 e. The number of para-hydroxylation sites is 1. The molecule has 1 aromatic heterocycles. The maximum atomic E-state index is 12.4. The Kier molecular flexibility index (Phi) is 5.93. The molecular formula is C23H20N2O3. The van der Waals surface area contributed by atoms with Crippen molar-refractivity contribution in [3.63, 3.8) is 0 Å². The fraction of sp³-hybridized carbons (Fsp3) is 0.130. The molecule has 3 rings (SSSR count). The van der Waals surface area contributed by atoms with Crippen LogP contribution < -0.4 is 10.1 Å². The number of aryl methyl sites for hydroxylation is 1. The summed E-state index contributed by atoms with van der Waals surface area (Å²) in [6, 6.07) is 20.6. The monoisotopic (exact) mass is 372 g/mol. The van der Waals surface area contributed by atoms with Crippen molar-refractivity contribution in [2.45, 2.75) is 6.92 Å². The maximum absolute atomic E-state index is 12.4. The normalized spacial score (nSPS) is 11.8. The van der Waals surface area contributed by atoms with Crippen LogP contribution in [0.4, 0.5) is 5.69 Å². The minimum Gasteiger partial charge on any atom is -0.497 e. The molecule has 1 atom stereocenters. The molecule has 0 fully saturated rings. The molecule has 140 valence electrons. The molecule has 5 heteroatoms. The van der Waals surface area contributed by atoms with E-state index in [2.05, 4.69) is 5.32 Å². The molecule has 0 spiro atoms. The lowest BCUT2D eigenvalue weighted by Gasteiger charge is -2.09. The van der Waals surface area contributed by atoms with Gasteiger partial charge in [0.15, 0.2) is 0 Å². The Morgan fingerprint density at radius 1 is 1.14 bits per heavy atom. The average Bonchev–Trinajstić information content (AvgIpc) is 3.19. The van der Waals surface area contributed by atoms with Crippen LogP contribution in [-0.2, 0) is 4.79 Å². The number of hydrogen-bond acceptors (Lipinski definition) is 4. The Bertz CT molecular complexity index is 1030. The molecule has 0 radical (unpaired) electrons. The Hall–Kier alpha value is -3.78. The van der Waals surface area contributed by atoms with Gasteiger partial charge >= 0.3 is 0 Å². The molecule has 2 aromatic carbocycles. The van der Waals surface area contributed by atoms with Crippen molar-refractivity contribution in [2.75, 3.05) is 12.4 Å². The van der Waals surface area contributed by atoms with Crippen LogP contribution in [0.25, 0.3) is 17.4 Å². The number of amides is 1. The zero-order chi connectivity index (χ0) is 19.9. The van der Waals surface area contributed by atoms with Crippen LogP contribution in [0.1, 0.15) is 11.3 Å². The van der Waals surface area contributed by atoms with Gasteiger partial charge in [0.05, 0.1) is 13.2 Å². The molecule has 0 aliphatic carbocycles. The number of anilines is 1. The molecule has 0 saturated carbocycles. The fourth-order valence-electron chi connectivity index (χ4n) is 2.66. The van der Waals surface area contributed by atoms with E-state index in [1.165, 1.54) is 6.08 Å². The number of ether oxygens (including phenoxy) is 1. The molecule has 1 heterocycles. The van der Waals surface area contributed by atoms with E-state index in [0.29, 0.717) is 17.2 Å². The van der Waals surface area contributed by atoms with Gasteiger partial charge in [-0.15, -0.1) is 0 Å². The third-order valence-electron chi connectivity index (χ3n) is 4.28. The lowest BCUT2D eigenvalue weighted by atomic mass is 10.1. The van der Waals surface area contributed by atoms with Crippen LogP contribution in [0, 0.1) is 24.2 Å². The van der Waals surface area contributed by atoms with Gasteiger partial charge < -0.3 is 14.5 Å². The summed E-state index contributed by atoms with van der Waals surface area (Å²) in [6.45, 7) is 1.90. The van der Waals surface area contributed by atoms with E-state index in [1.807, 2.05) is 61.5 Å². The topological polar surface area (TPSA) is 75.3 Å². The summed E-state index contributed by atoms with van der Waals surface area (Å²) in [5.74, 6) is 0.728. The summed E-state index contributed by atoms with van der Waals surface area (Å²) in [6.07, 6.45) is 3.17. The van der Waals surface area contributed by atoms with E-state index in [9.17, 15) is 10.1 Å². The van der Waals surface area contributed by atoms with Crippen molar-refractivity contribution in [1.82, 2.24) is 0 Å². The molecule has 1 N–H and O–H groups in total. The standard InChI is InChI=1S/C23H20N2O3/c1-16-5-3-4-6-21(16)25-23(26)18(15-24)9-12-20-13-14-22(28-20)17-7-10-19(27-2)11-8-17/h3-14,18H,1-2H3,(H,25,26). The van der Waals surface area contributed by atoms with Crippen LogP contribution in [0.2, 0.25) is 0 Å². The van der Waals surface area contributed by atoms with Crippen LogP contribution in [0.3, 0.4) is 0 Å². The van der Waals surface area contributed by atoms with Gasteiger partial charge in [-0.25, -0.2) is 0 Å². The SMILES string of the molecule is COc1ccc(-c2ccc(C=CC(C#N)C(=O)Nc3ccccc3C)o2)cc1. The van der Waals surface area contributed by atoms with Gasteiger partial charge in [-0.3, -0.25) is 4.79 Å². The number of carbonyl (C=O) groups is 1. The highest BCUT2D eigenvalue weighted by atomic mass is 16.5. The second kappa shape index (κ2) is 8.74. The highest BCUT2D eigenvalue weighted by Gasteiger charge is 2.15. The van der Waals surface area contributed by atoms with Gasteiger partial charge in [-0.2, -0.15) is 5.26 Å². The van der Waals surface area contributed by atoms with Crippen LogP contribution in [0.5, 0.6) is 5.75 Å². The highest BCUT2D eigenvalue weighted by molar-refractivity contribution is 5.96. The molecule has 3 aromatic rings. The first kappa shape index (κ1) is 19.0. The first-order valence-corrected chi connectivity index (χ1v) is 8.79. The quantitative estimate of drug-likeness (QED) is 0.656. The number of hydrogen-bond donors (Lipinski definition) is 1. The molecule has 1 unspecified atom stereocenters. The van der Waals surface area contributed by atoms with Crippen LogP contribution >= 0.6 is 0 Å². The molecule has 5 nitrogen and oxygen atoms in total. The number of furan rings is 1. The van der Waals surface area contributed by atoms with Crippen molar-refractivity contribution in [2.24, 2.45) is 5.92 Å². The molecule has 0 aliphatic rings. The first-order valence-electron chi connectivity index (χ1n) is 8.79. The van der Waals surface area contributed by atoms with Gasteiger partial charge in [0, 0.05) is 11.3 Å². The van der Waals surface area contributed by atoms with E-state index < -0.39 is 5.92 Å². The van der Waals surface area contributed by atoms with Crippen molar-refractivity contribution < 1.29 is 13.9 Å². The second-order valence-corrected chi connectivity index (χ2v) is 6.20. The molecule has 0 aliphatic heterocycles. The third-order valence-corrected chi connectivity index (χ3v) is 4.28. The predicted octanol–water partition coefficient (Wildman–Crippen LogP) is 5.06. The average molecular weight is 372 g/mol. The van der Waals surface area contributed by atoms with Gasteiger partial charge in [0.2, 0.25) is 5.91 Å². The predicted molar refractivity (Wildman–Crippen MR) is 109 cm³/mol. The number of carbonyl (C=O) groups excluding carboxylic acids is 1. The molecule has 0 bridgehead atoms. The molecule has 28 heavy (non-hydrogen) atoms. The van der Waals surface area contributed by atoms with E-state index in [0.717, 1.165) is 16.9 Å². The van der Waals surface area contributed by atoms with Gasteiger partial charge in [-0.05, 0) is 61.0 Å². The van der Waals surface area contributed by atoms with E-state index in [1.54, 1.807) is 25.3 Å². The summed E-state index contributed by atoms with van der Waals surface area (Å²) in [7, 11) is 1.62. The molecular weight excluding hydrogens is 352 g/mol. The second-order valence-electron chi connectivity index (χ2n) is 6.20. The van der Waals surface area contributed by atoms with E-state index >= 15 is 0 Å². The summed E-state index contributed by atoms with van der Waals surface area (Å²) in [5, 5.41) is 12.1. The Morgan fingerprint density at radius 3 is 2.57 bits per heavy atom. The highest BCUT2D eigenvalue weighted by Crippen LogP contribution is 2.25. The van der Waals surface area contributed by atoms with Gasteiger partial charge in [0.25, 0.3) is 0 Å². The number of nitrogens with zero attached hydrogens (tertiary/aromatic N) is 1.